The monoisotopic (exact) mass is 384 g/mol. The van der Waals surface area contributed by atoms with Gasteiger partial charge in [0.25, 0.3) is 0 Å². The van der Waals surface area contributed by atoms with Crippen LogP contribution in [0, 0.1) is 0 Å². The maximum atomic E-state index is 12.7. The predicted molar refractivity (Wildman–Crippen MR) is 113 cm³/mol. The topological polar surface area (TPSA) is 38.8 Å². The zero-order valence-corrected chi connectivity index (χ0v) is 17.4. The number of amides is 2. The minimum absolute atomic E-state index is 0.125. The van der Waals surface area contributed by atoms with E-state index in [1.165, 1.54) is 37.7 Å². The lowest BCUT2D eigenvalue weighted by atomic mass is 9.79. The van der Waals surface area contributed by atoms with Gasteiger partial charge in [-0.1, -0.05) is 49.6 Å². The van der Waals surface area contributed by atoms with E-state index in [1.54, 1.807) is 0 Å². The molecule has 3 fully saturated rings. The number of piperidine rings is 1. The van der Waals surface area contributed by atoms with Crippen molar-refractivity contribution in [2.75, 3.05) is 46.3 Å². The second kappa shape index (κ2) is 8.83. The molecular formula is C23H36N4O. The van der Waals surface area contributed by atoms with Gasteiger partial charge in [0.15, 0.2) is 0 Å². The summed E-state index contributed by atoms with van der Waals surface area (Å²) in [7, 11) is 2.22. The van der Waals surface area contributed by atoms with E-state index in [2.05, 4.69) is 52.5 Å². The summed E-state index contributed by atoms with van der Waals surface area (Å²) in [5.74, 6) is 0. The average molecular weight is 385 g/mol. The standard InChI is InChI=1S/C23H36N4O/c1-25-14-12-23(13-15-25,20-8-4-2-5-9-20)27-18-16-26(17-19-27)22(28)24-21-10-6-3-7-11-21/h2,4-5,8-9,21H,3,6-7,10-19H2,1H3,(H,24,28). The number of hydrogen-bond donors (Lipinski definition) is 1. The van der Waals surface area contributed by atoms with Crippen molar-refractivity contribution in [2.24, 2.45) is 0 Å². The van der Waals surface area contributed by atoms with E-state index in [4.69, 9.17) is 0 Å². The number of carbonyl (C=O) groups excluding carboxylic acids is 1. The Labute approximate surface area is 170 Å². The minimum Gasteiger partial charge on any atom is -0.335 e. The first-order valence-electron chi connectivity index (χ1n) is 11.2. The van der Waals surface area contributed by atoms with Crippen LogP contribution in [0.15, 0.2) is 30.3 Å². The maximum Gasteiger partial charge on any atom is 0.317 e. The summed E-state index contributed by atoms with van der Waals surface area (Å²) in [6, 6.07) is 11.6. The molecule has 1 saturated carbocycles. The average Bonchev–Trinajstić information content (AvgIpc) is 2.76. The van der Waals surface area contributed by atoms with Crippen LogP contribution in [0.3, 0.4) is 0 Å². The zero-order valence-electron chi connectivity index (χ0n) is 17.4. The van der Waals surface area contributed by atoms with Gasteiger partial charge in [-0.15, -0.1) is 0 Å². The van der Waals surface area contributed by atoms with E-state index in [1.807, 2.05) is 4.90 Å². The van der Waals surface area contributed by atoms with E-state index in [9.17, 15) is 4.79 Å². The molecule has 4 rings (SSSR count). The first-order valence-corrected chi connectivity index (χ1v) is 11.2. The summed E-state index contributed by atoms with van der Waals surface area (Å²) < 4.78 is 0. The van der Waals surface area contributed by atoms with Gasteiger partial charge in [0.05, 0.1) is 0 Å². The van der Waals surface area contributed by atoms with Crippen LogP contribution in [0.2, 0.25) is 0 Å². The molecule has 1 aliphatic carbocycles. The van der Waals surface area contributed by atoms with Crippen LogP contribution in [-0.2, 0) is 5.54 Å². The Balaban J connectivity index is 1.40. The summed E-state index contributed by atoms with van der Waals surface area (Å²) in [5, 5.41) is 3.29. The van der Waals surface area contributed by atoms with Crippen LogP contribution in [-0.4, -0.2) is 73.1 Å². The lowest BCUT2D eigenvalue weighted by Gasteiger charge is -2.51. The summed E-state index contributed by atoms with van der Waals surface area (Å²) in [6.45, 7) is 5.88. The van der Waals surface area contributed by atoms with Gasteiger partial charge in [0, 0.05) is 37.8 Å². The first kappa shape index (κ1) is 19.7. The Morgan fingerprint density at radius 1 is 0.929 bits per heavy atom. The van der Waals surface area contributed by atoms with Crippen molar-refractivity contribution in [3.63, 3.8) is 0 Å². The molecule has 1 N–H and O–H groups in total. The fourth-order valence-electron chi connectivity index (χ4n) is 5.37. The molecule has 28 heavy (non-hydrogen) atoms. The molecule has 0 bridgehead atoms. The zero-order chi connectivity index (χ0) is 19.4. The van der Waals surface area contributed by atoms with Gasteiger partial charge in [0.2, 0.25) is 0 Å². The van der Waals surface area contributed by atoms with Crippen LogP contribution in [0.5, 0.6) is 0 Å². The third-order valence-electron chi connectivity index (χ3n) is 7.23. The molecule has 0 radical (unpaired) electrons. The maximum absolute atomic E-state index is 12.7. The summed E-state index contributed by atoms with van der Waals surface area (Å²) >= 11 is 0. The van der Waals surface area contributed by atoms with E-state index in [-0.39, 0.29) is 11.6 Å². The number of likely N-dealkylation sites (tertiary alicyclic amines) is 1. The van der Waals surface area contributed by atoms with E-state index in [0.29, 0.717) is 6.04 Å². The second-order valence-electron chi connectivity index (χ2n) is 8.96. The molecule has 3 aliphatic rings. The van der Waals surface area contributed by atoms with Crippen LogP contribution < -0.4 is 5.32 Å². The summed E-state index contributed by atoms with van der Waals surface area (Å²) in [4.78, 5) is 19.9. The molecular weight excluding hydrogens is 348 g/mol. The Bertz CT molecular complexity index is 627. The lowest BCUT2D eigenvalue weighted by Crippen LogP contribution is -2.60. The Morgan fingerprint density at radius 2 is 1.57 bits per heavy atom. The number of nitrogens with zero attached hydrogens (tertiary/aromatic N) is 3. The van der Waals surface area contributed by atoms with Gasteiger partial charge in [0.1, 0.15) is 0 Å². The molecule has 5 nitrogen and oxygen atoms in total. The fraction of sp³-hybridized carbons (Fsp3) is 0.696. The number of benzene rings is 1. The molecule has 1 aromatic rings. The highest BCUT2D eigenvalue weighted by Crippen LogP contribution is 2.39. The second-order valence-corrected chi connectivity index (χ2v) is 8.96. The summed E-state index contributed by atoms with van der Waals surface area (Å²) in [6.07, 6.45) is 8.47. The number of piperazine rings is 1. The highest BCUT2D eigenvalue weighted by molar-refractivity contribution is 5.74. The van der Waals surface area contributed by atoms with E-state index >= 15 is 0 Å². The smallest absolute Gasteiger partial charge is 0.317 e. The number of rotatable bonds is 3. The van der Waals surface area contributed by atoms with Gasteiger partial charge in [-0.3, -0.25) is 4.90 Å². The number of carbonyl (C=O) groups is 1. The Kier molecular flexibility index (Phi) is 6.22. The van der Waals surface area contributed by atoms with Gasteiger partial charge >= 0.3 is 6.03 Å². The largest absolute Gasteiger partial charge is 0.335 e. The van der Waals surface area contributed by atoms with Crippen molar-refractivity contribution in [1.82, 2.24) is 20.0 Å². The van der Waals surface area contributed by atoms with Crippen molar-refractivity contribution in [3.05, 3.63) is 35.9 Å². The molecule has 154 valence electrons. The number of nitrogens with one attached hydrogen (secondary N) is 1. The first-order chi connectivity index (χ1) is 13.7. The Morgan fingerprint density at radius 3 is 2.21 bits per heavy atom. The minimum atomic E-state index is 0.125. The third-order valence-corrected chi connectivity index (χ3v) is 7.23. The molecule has 2 saturated heterocycles. The lowest BCUT2D eigenvalue weighted by molar-refractivity contribution is -0.00307. The highest BCUT2D eigenvalue weighted by atomic mass is 16.2. The van der Waals surface area contributed by atoms with E-state index < -0.39 is 0 Å². The van der Waals surface area contributed by atoms with Crippen LogP contribution in [0.4, 0.5) is 4.79 Å². The summed E-state index contributed by atoms with van der Waals surface area (Å²) in [5.41, 5.74) is 1.57. The number of urea groups is 1. The van der Waals surface area contributed by atoms with Gasteiger partial charge < -0.3 is 15.1 Å². The van der Waals surface area contributed by atoms with Gasteiger partial charge in [-0.05, 0) is 51.4 Å². The third kappa shape index (κ3) is 4.20. The van der Waals surface area contributed by atoms with Crippen molar-refractivity contribution in [1.29, 1.82) is 0 Å². The molecule has 0 spiro atoms. The van der Waals surface area contributed by atoms with Crippen molar-refractivity contribution in [2.45, 2.75) is 56.5 Å². The fourth-order valence-corrected chi connectivity index (χ4v) is 5.37. The van der Waals surface area contributed by atoms with E-state index in [0.717, 1.165) is 52.1 Å². The van der Waals surface area contributed by atoms with Gasteiger partial charge in [-0.2, -0.15) is 0 Å². The quantitative estimate of drug-likeness (QED) is 0.869. The van der Waals surface area contributed by atoms with Crippen LogP contribution in [0.25, 0.3) is 0 Å². The highest BCUT2D eigenvalue weighted by Gasteiger charge is 2.42. The molecule has 2 heterocycles. The van der Waals surface area contributed by atoms with Crippen molar-refractivity contribution >= 4 is 6.03 Å². The van der Waals surface area contributed by atoms with Crippen LogP contribution in [0.1, 0.15) is 50.5 Å². The van der Waals surface area contributed by atoms with Crippen LogP contribution >= 0.6 is 0 Å². The molecule has 5 heteroatoms. The molecule has 0 atom stereocenters. The Hall–Kier alpha value is -1.59. The molecule has 0 aromatic heterocycles. The normalized spacial score (nSPS) is 24.8. The molecule has 2 aliphatic heterocycles. The van der Waals surface area contributed by atoms with Crippen molar-refractivity contribution in [3.8, 4) is 0 Å². The molecule has 1 aromatic carbocycles. The van der Waals surface area contributed by atoms with Crippen molar-refractivity contribution < 1.29 is 4.79 Å². The van der Waals surface area contributed by atoms with Gasteiger partial charge in [-0.25, -0.2) is 4.79 Å². The SMILES string of the molecule is CN1CCC(c2ccccc2)(N2CCN(C(=O)NC3CCCCC3)CC2)CC1. The predicted octanol–water partition coefficient (Wildman–Crippen LogP) is 3.27. The molecule has 2 amide bonds. The number of hydrogen-bond acceptors (Lipinski definition) is 3. The molecule has 0 unspecified atom stereocenters.